The van der Waals surface area contributed by atoms with Gasteiger partial charge in [0.2, 0.25) is 0 Å². The molecule has 3 aromatic carbocycles. The fourth-order valence-electron chi connectivity index (χ4n) is 2.80. The van der Waals surface area contributed by atoms with Crippen molar-refractivity contribution in [2.75, 3.05) is 0 Å². The molecule has 3 aromatic rings. The first-order valence-electron chi connectivity index (χ1n) is 8.45. The maximum Gasteiger partial charge on any atom is 0.0255 e. The normalized spacial score (nSPS) is 10.3. The first kappa shape index (κ1) is 15.4. The third-order valence-electron chi connectivity index (χ3n) is 4.10. The molecule has 0 unspecified atom stereocenters. The van der Waals surface area contributed by atoms with Crippen LogP contribution in [-0.4, -0.2) is 0 Å². The summed E-state index contributed by atoms with van der Waals surface area (Å²) >= 11 is 0. The van der Waals surface area contributed by atoms with Crippen molar-refractivity contribution in [2.45, 2.75) is 32.6 Å². The highest BCUT2D eigenvalue weighted by molar-refractivity contribution is 5.83. The predicted octanol–water partition coefficient (Wildman–Crippen LogP) is 5.97. The van der Waals surface area contributed by atoms with Crippen LogP contribution in [0.25, 0.3) is 10.8 Å². The maximum atomic E-state index is 3.31. The van der Waals surface area contributed by atoms with Gasteiger partial charge in [0.05, 0.1) is 0 Å². The van der Waals surface area contributed by atoms with Gasteiger partial charge in [-0.1, -0.05) is 74.1 Å². The molecule has 0 radical (unpaired) electrons. The van der Waals surface area contributed by atoms with Crippen molar-refractivity contribution in [2.24, 2.45) is 0 Å². The molecule has 0 atom stereocenters. The molecule has 0 aliphatic rings. The summed E-state index contributed by atoms with van der Waals surface area (Å²) in [5.74, 6) is 6.60. The van der Waals surface area contributed by atoms with E-state index in [1.54, 1.807) is 0 Å². The lowest BCUT2D eigenvalue weighted by Gasteiger charge is -2.01. The van der Waals surface area contributed by atoms with Gasteiger partial charge in [0.1, 0.15) is 0 Å². The largest absolute Gasteiger partial charge is 0.0654 e. The lowest BCUT2D eigenvalue weighted by Crippen LogP contribution is -1.86. The van der Waals surface area contributed by atoms with Crippen LogP contribution in [0.15, 0.2) is 66.7 Å². The Labute approximate surface area is 139 Å². The highest BCUT2D eigenvalue weighted by Crippen LogP contribution is 2.15. The van der Waals surface area contributed by atoms with Crippen molar-refractivity contribution in [3.8, 4) is 11.8 Å². The molecule has 0 heteroatoms. The van der Waals surface area contributed by atoms with Crippen molar-refractivity contribution < 1.29 is 0 Å². The number of aryl methyl sites for hydroxylation is 1. The monoisotopic (exact) mass is 298 g/mol. The van der Waals surface area contributed by atoms with E-state index in [-0.39, 0.29) is 0 Å². The first-order chi connectivity index (χ1) is 11.3. The lowest BCUT2D eigenvalue weighted by molar-refractivity contribution is 0.717. The van der Waals surface area contributed by atoms with Crippen molar-refractivity contribution in [3.05, 3.63) is 83.4 Å². The van der Waals surface area contributed by atoms with Crippen LogP contribution in [0.2, 0.25) is 0 Å². The molecule has 0 spiro atoms. The number of unbranched alkanes of at least 4 members (excludes halogenated alkanes) is 2. The SMILES string of the molecule is CCCCCc1cccc(C#Cc2ccc3ccccc3c2)c1. The van der Waals surface area contributed by atoms with Crippen molar-refractivity contribution in [1.29, 1.82) is 0 Å². The molecule has 0 aliphatic carbocycles. The minimum absolute atomic E-state index is 1.07. The smallest absolute Gasteiger partial charge is 0.0255 e. The minimum Gasteiger partial charge on any atom is -0.0654 e. The van der Waals surface area contributed by atoms with Gasteiger partial charge in [0, 0.05) is 11.1 Å². The van der Waals surface area contributed by atoms with Crippen LogP contribution < -0.4 is 0 Å². The molecule has 3 rings (SSSR count). The van der Waals surface area contributed by atoms with E-state index in [1.807, 2.05) is 0 Å². The van der Waals surface area contributed by atoms with Crippen LogP contribution in [0.3, 0.4) is 0 Å². The molecule has 0 saturated carbocycles. The Morgan fingerprint density at radius 3 is 2.30 bits per heavy atom. The fourth-order valence-corrected chi connectivity index (χ4v) is 2.80. The van der Waals surface area contributed by atoms with Gasteiger partial charge in [-0.3, -0.25) is 0 Å². The summed E-state index contributed by atoms with van der Waals surface area (Å²) in [6.45, 7) is 2.24. The van der Waals surface area contributed by atoms with E-state index >= 15 is 0 Å². The summed E-state index contributed by atoms with van der Waals surface area (Å²) < 4.78 is 0. The topological polar surface area (TPSA) is 0 Å². The minimum atomic E-state index is 1.07. The van der Waals surface area contributed by atoms with Crippen molar-refractivity contribution >= 4 is 10.8 Å². The van der Waals surface area contributed by atoms with Crippen LogP contribution in [-0.2, 0) is 6.42 Å². The highest BCUT2D eigenvalue weighted by atomic mass is 14.0. The molecular formula is C23H22. The fraction of sp³-hybridized carbons (Fsp3) is 0.217. The molecule has 0 nitrogen and oxygen atoms in total. The highest BCUT2D eigenvalue weighted by Gasteiger charge is 1.95. The first-order valence-corrected chi connectivity index (χ1v) is 8.45. The number of benzene rings is 3. The predicted molar refractivity (Wildman–Crippen MR) is 99.6 cm³/mol. The van der Waals surface area contributed by atoms with Crippen LogP contribution in [0.5, 0.6) is 0 Å². The van der Waals surface area contributed by atoms with Crippen LogP contribution in [0.4, 0.5) is 0 Å². The van der Waals surface area contributed by atoms with Crippen LogP contribution >= 0.6 is 0 Å². The van der Waals surface area contributed by atoms with E-state index in [0.29, 0.717) is 0 Å². The average Bonchev–Trinajstić information content (AvgIpc) is 2.60. The summed E-state index contributed by atoms with van der Waals surface area (Å²) in [4.78, 5) is 0. The Morgan fingerprint density at radius 2 is 1.48 bits per heavy atom. The second-order valence-electron chi connectivity index (χ2n) is 5.97. The second-order valence-corrected chi connectivity index (χ2v) is 5.97. The molecule has 0 bridgehead atoms. The Hall–Kier alpha value is -2.52. The Balaban J connectivity index is 1.78. The Bertz CT molecular complexity index is 846. The average molecular weight is 298 g/mol. The number of rotatable bonds is 4. The zero-order valence-corrected chi connectivity index (χ0v) is 13.7. The van der Waals surface area contributed by atoms with E-state index in [2.05, 4.69) is 85.5 Å². The molecular weight excluding hydrogens is 276 g/mol. The van der Waals surface area contributed by atoms with Gasteiger partial charge in [-0.25, -0.2) is 0 Å². The number of hydrogen-bond donors (Lipinski definition) is 0. The summed E-state index contributed by atoms with van der Waals surface area (Å²) in [6.07, 6.45) is 4.98. The molecule has 114 valence electrons. The molecule has 0 aliphatic heterocycles. The van der Waals surface area contributed by atoms with E-state index < -0.39 is 0 Å². The van der Waals surface area contributed by atoms with Crippen molar-refractivity contribution in [3.63, 3.8) is 0 Å². The van der Waals surface area contributed by atoms with Gasteiger partial charge in [0.25, 0.3) is 0 Å². The van der Waals surface area contributed by atoms with Crippen LogP contribution in [0, 0.1) is 11.8 Å². The summed E-state index contributed by atoms with van der Waals surface area (Å²) in [5.41, 5.74) is 3.57. The van der Waals surface area contributed by atoms with Gasteiger partial charge < -0.3 is 0 Å². The van der Waals surface area contributed by atoms with Crippen LogP contribution in [0.1, 0.15) is 42.9 Å². The molecule has 23 heavy (non-hydrogen) atoms. The molecule has 0 heterocycles. The van der Waals surface area contributed by atoms with Gasteiger partial charge in [-0.2, -0.15) is 0 Å². The maximum absolute atomic E-state index is 3.31. The molecule has 0 fully saturated rings. The van der Waals surface area contributed by atoms with Crippen molar-refractivity contribution in [1.82, 2.24) is 0 Å². The Kier molecular flexibility index (Phi) is 5.12. The van der Waals surface area contributed by atoms with Gasteiger partial charge in [0.15, 0.2) is 0 Å². The molecule has 0 saturated heterocycles. The third kappa shape index (κ3) is 4.24. The van der Waals surface area contributed by atoms with Gasteiger partial charge in [-0.15, -0.1) is 0 Å². The number of hydrogen-bond acceptors (Lipinski definition) is 0. The Morgan fingerprint density at radius 1 is 0.696 bits per heavy atom. The molecule has 0 N–H and O–H groups in total. The number of fused-ring (bicyclic) bond motifs is 1. The third-order valence-corrected chi connectivity index (χ3v) is 4.10. The lowest BCUT2D eigenvalue weighted by atomic mass is 10.0. The zero-order valence-electron chi connectivity index (χ0n) is 13.7. The quantitative estimate of drug-likeness (QED) is 0.411. The molecule has 0 aromatic heterocycles. The zero-order chi connectivity index (χ0) is 15.9. The summed E-state index contributed by atoms with van der Waals surface area (Å²) in [6, 6.07) is 23.4. The van der Waals surface area contributed by atoms with E-state index in [1.165, 1.54) is 35.6 Å². The standard InChI is InChI=1S/C23H22/c1-2-3-4-8-19-9-7-10-20(17-19)13-14-21-15-16-22-11-5-6-12-23(22)18-21/h5-7,9-12,15-18H,2-4,8H2,1H3. The van der Waals surface area contributed by atoms with E-state index in [9.17, 15) is 0 Å². The van der Waals surface area contributed by atoms with Gasteiger partial charge in [-0.05, 0) is 53.4 Å². The van der Waals surface area contributed by atoms with Gasteiger partial charge >= 0.3 is 0 Å². The van der Waals surface area contributed by atoms with E-state index in [4.69, 9.17) is 0 Å². The second kappa shape index (κ2) is 7.65. The molecule has 0 amide bonds. The summed E-state index contributed by atoms with van der Waals surface area (Å²) in [7, 11) is 0. The van der Waals surface area contributed by atoms with E-state index in [0.717, 1.165) is 17.5 Å². The summed E-state index contributed by atoms with van der Waals surface area (Å²) in [5, 5.41) is 2.50.